The lowest BCUT2D eigenvalue weighted by Gasteiger charge is -2.23. The van der Waals surface area contributed by atoms with E-state index >= 15 is 0 Å². The number of rotatable bonds is 7. The van der Waals surface area contributed by atoms with Gasteiger partial charge in [0.05, 0.1) is 0 Å². The van der Waals surface area contributed by atoms with Crippen LogP contribution >= 0.6 is 0 Å². The maximum Gasteiger partial charge on any atom is 0.178 e. The van der Waals surface area contributed by atoms with Crippen molar-refractivity contribution in [3.8, 4) is 0 Å². The van der Waals surface area contributed by atoms with Crippen LogP contribution in [0.15, 0.2) is 6.07 Å². The normalized spacial score (nSPS) is 12.6. The van der Waals surface area contributed by atoms with Crippen LogP contribution in [0.4, 0.5) is 20.4 Å². The Kier molecular flexibility index (Phi) is 5.91. The summed E-state index contributed by atoms with van der Waals surface area (Å²) in [5.41, 5.74) is 2.09. The van der Waals surface area contributed by atoms with Crippen LogP contribution < -0.4 is 16.6 Å². The van der Waals surface area contributed by atoms with Gasteiger partial charge in [0.1, 0.15) is 0 Å². The van der Waals surface area contributed by atoms with Crippen LogP contribution in [-0.4, -0.2) is 36.1 Å². The van der Waals surface area contributed by atoms with E-state index in [2.05, 4.69) is 34.5 Å². The second-order valence-corrected chi connectivity index (χ2v) is 4.46. The van der Waals surface area contributed by atoms with Gasteiger partial charge in [0.2, 0.25) is 0 Å². The summed E-state index contributed by atoms with van der Waals surface area (Å²) in [5, 5.41) is 2.83. The van der Waals surface area contributed by atoms with E-state index in [4.69, 9.17) is 5.84 Å². The summed E-state index contributed by atoms with van der Waals surface area (Å²) in [7, 11) is 2.00. The van der Waals surface area contributed by atoms with Crippen molar-refractivity contribution in [3.05, 3.63) is 17.7 Å². The highest BCUT2D eigenvalue weighted by molar-refractivity contribution is 5.46. The first-order chi connectivity index (χ1) is 8.99. The predicted molar refractivity (Wildman–Crippen MR) is 72.8 cm³/mol. The molecular formula is C12H21F2N5. The molecule has 1 rings (SSSR count). The molecule has 0 fully saturated rings. The fourth-order valence-corrected chi connectivity index (χ4v) is 1.57. The van der Waals surface area contributed by atoms with Crippen molar-refractivity contribution in [2.75, 3.05) is 30.9 Å². The molecule has 0 bridgehead atoms. The van der Waals surface area contributed by atoms with Gasteiger partial charge >= 0.3 is 0 Å². The molecule has 7 heteroatoms. The molecule has 4 N–H and O–H groups in total. The van der Waals surface area contributed by atoms with Crippen LogP contribution in [0.25, 0.3) is 0 Å². The lowest BCUT2D eigenvalue weighted by atomic mass is 10.2. The van der Waals surface area contributed by atoms with Crippen molar-refractivity contribution in [2.24, 2.45) is 5.84 Å². The van der Waals surface area contributed by atoms with Crippen molar-refractivity contribution >= 4 is 11.6 Å². The van der Waals surface area contributed by atoms with Crippen molar-refractivity contribution in [3.63, 3.8) is 0 Å². The van der Waals surface area contributed by atoms with Crippen molar-refractivity contribution in [1.82, 2.24) is 9.88 Å². The minimum Gasteiger partial charge on any atom is -0.366 e. The molecule has 0 aliphatic carbocycles. The SMILES string of the molecule is CCC(C)N(C)CCNc1nc(NN)c(F)cc1F. The third kappa shape index (κ3) is 4.29. The van der Waals surface area contributed by atoms with Crippen molar-refractivity contribution in [2.45, 2.75) is 26.3 Å². The molecule has 0 aliphatic heterocycles. The number of nitrogens with two attached hydrogens (primary N) is 1. The summed E-state index contributed by atoms with van der Waals surface area (Å²) < 4.78 is 26.6. The molecule has 0 saturated heterocycles. The number of hydrogen-bond donors (Lipinski definition) is 3. The number of anilines is 2. The molecule has 1 atom stereocenters. The average Bonchev–Trinajstić information content (AvgIpc) is 2.40. The molecule has 1 aromatic rings. The van der Waals surface area contributed by atoms with Gasteiger partial charge in [-0.1, -0.05) is 6.92 Å². The molecule has 0 aliphatic rings. The van der Waals surface area contributed by atoms with Crippen molar-refractivity contribution < 1.29 is 8.78 Å². The molecule has 0 radical (unpaired) electrons. The van der Waals surface area contributed by atoms with E-state index in [1.54, 1.807) is 0 Å². The summed E-state index contributed by atoms with van der Waals surface area (Å²) in [6.45, 7) is 5.47. The van der Waals surface area contributed by atoms with E-state index in [0.29, 0.717) is 12.6 Å². The number of aromatic nitrogens is 1. The Morgan fingerprint density at radius 2 is 2.00 bits per heavy atom. The van der Waals surface area contributed by atoms with Crippen LogP contribution in [-0.2, 0) is 0 Å². The molecule has 0 spiro atoms. The number of nitrogens with one attached hydrogen (secondary N) is 2. The van der Waals surface area contributed by atoms with Gasteiger partial charge in [-0.25, -0.2) is 19.6 Å². The van der Waals surface area contributed by atoms with Gasteiger partial charge in [-0.3, -0.25) is 0 Å². The number of halogens is 2. The predicted octanol–water partition coefficient (Wildman–Crippen LogP) is 1.79. The maximum atomic E-state index is 13.5. The molecule has 1 aromatic heterocycles. The molecule has 0 aromatic carbocycles. The fraction of sp³-hybridized carbons (Fsp3) is 0.583. The number of pyridine rings is 1. The zero-order valence-corrected chi connectivity index (χ0v) is 11.5. The third-order valence-corrected chi connectivity index (χ3v) is 3.17. The van der Waals surface area contributed by atoms with E-state index in [1.165, 1.54) is 0 Å². The topological polar surface area (TPSA) is 66.2 Å². The molecule has 1 unspecified atom stereocenters. The Morgan fingerprint density at radius 3 is 2.58 bits per heavy atom. The Labute approximate surface area is 112 Å². The number of nitrogens with zero attached hydrogens (tertiary/aromatic N) is 2. The third-order valence-electron chi connectivity index (χ3n) is 3.17. The number of hydrazine groups is 1. The van der Waals surface area contributed by atoms with Gasteiger partial charge in [-0.15, -0.1) is 0 Å². The summed E-state index contributed by atoms with van der Waals surface area (Å²) in [5.74, 6) is 3.35. The van der Waals surface area contributed by atoms with E-state index in [1.807, 2.05) is 7.05 Å². The van der Waals surface area contributed by atoms with E-state index in [0.717, 1.165) is 19.0 Å². The molecular weight excluding hydrogens is 252 g/mol. The van der Waals surface area contributed by atoms with Crippen molar-refractivity contribution in [1.29, 1.82) is 0 Å². The Hall–Kier alpha value is -1.47. The van der Waals surface area contributed by atoms with Crippen LogP contribution in [0.5, 0.6) is 0 Å². The first-order valence-electron chi connectivity index (χ1n) is 6.26. The highest BCUT2D eigenvalue weighted by Crippen LogP contribution is 2.17. The number of likely N-dealkylation sites (N-methyl/N-ethyl adjacent to an activating group) is 1. The van der Waals surface area contributed by atoms with Crippen LogP contribution in [0.1, 0.15) is 20.3 Å². The lowest BCUT2D eigenvalue weighted by Crippen LogP contribution is -2.33. The zero-order chi connectivity index (χ0) is 14.4. The minimum absolute atomic E-state index is 0.00750. The fourth-order valence-electron chi connectivity index (χ4n) is 1.57. The largest absolute Gasteiger partial charge is 0.366 e. The van der Waals surface area contributed by atoms with Gasteiger partial charge in [0.25, 0.3) is 0 Å². The first-order valence-corrected chi connectivity index (χ1v) is 6.26. The molecule has 1 heterocycles. The average molecular weight is 273 g/mol. The summed E-state index contributed by atoms with van der Waals surface area (Å²) >= 11 is 0. The van der Waals surface area contributed by atoms with E-state index in [9.17, 15) is 8.78 Å². The number of nitrogen functional groups attached to an aromatic ring is 1. The molecule has 108 valence electrons. The monoisotopic (exact) mass is 273 g/mol. The highest BCUT2D eigenvalue weighted by atomic mass is 19.1. The first kappa shape index (κ1) is 15.6. The maximum absolute atomic E-state index is 13.5. The van der Waals surface area contributed by atoms with E-state index in [-0.39, 0.29) is 11.6 Å². The second-order valence-electron chi connectivity index (χ2n) is 4.46. The van der Waals surface area contributed by atoms with Crippen LogP contribution in [0.3, 0.4) is 0 Å². The Morgan fingerprint density at radius 1 is 1.37 bits per heavy atom. The smallest absolute Gasteiger partial charge is 0.178 e. The van der Waals surface area contributed by atoms with Gasteiger partial charge in [-0.2, -0.15) is 0 Å². The van der Waals surface area contributed by atoms with E-state index < -0.39 is 11.6 Å². The van der Waals surface area contributed by atoms with Gasteiger partial charge in [0, 0.05) is 25.2 Å². The summed E-state index contributed by atoms with van der Waals surface area (Å²) in [6.07, 6.45) is 1.04. The van der Waals surface area contributed by atoms with Crippen LogP contribution in [0.2, 0.25) is 0 Å². The quantitative estimate of drug-likeness (QED) is 0.522. The Balaban J connectivity index is 2.58. The second kappa shape index (κ2) is 7.20. The molecule has 19 heavy (non-hydrogen) atoms. The van der Waals surface area contributed by atoms with Gasteiger partial charge < -0.3 is 15.6 Å². The molecule has 0 amide bonds. The van der Waals surface area contributed by atoms with Gasteiger partial charge in [0.15, 0.2) is 23.3 Å². The Bertz CT molecular complexity index is 413. The lowest BCUT2D eigenvalue weighted by molar-refractivity contribution is 0.261. The zero-order valence-electron chi connectivity index (χ0n) is 11.5. The summed E-state index contributed by atoms with van der Waals surface area (Å²) in [6, 6.07) is 1.21. The minimum atomic E-state index is -0.817. The van der Waals surface area contributed by atoms with Gasteiger partial charge in [-0.05, 0) is 20.4 Å². The molecule has 5 nitrogen and oxygen atoms in total. The summed E-state index contributed by atoms with van der Waals surface area (Å²) in [4.78, 5) is 5.89. The highest BCUT2D eigenvalue weighted by Gasteiger charge is 2.11. The van der Waals surface area contributed by atoms with Crippen LogP contribution in [0, 0.1) is 11.6 Å². The standard InChI is InChI=1S/C12H21F2N5/c1-4-8(2)19(3)6-5-16-11-9(13)7-10(14)12(17-11)18-15/h7-8H,4-6,15H2,1-3H3,(H2,16,17,18). The molecule has 0 saturated carbocycles. The number of hydrogen-bond acceptors (Lipinski definition) is 5.